The van der Waals surface area contributed by atoms with Crippen LogP contribution in [-0.4, -0.2) is 26.6 Å². The van der Waals surface area contributed by atoms with Gasteiger partial charge in [-0.3, -0.25) is 4.68 Å². The molecule has 1 aromatic heterocycles. The SMILES string of the molecule is Cc1nn(CCO)c(C)c1CNCc1ccc(O)c(F)c1. The number of nitrogens with one attached hydrogen (secondary N) is 1. The Morgan fingerprint density at radius 3 is 2.71 bits per heavy atom. The number of aryl methyl sites for hydroxylation is 1. The maximum absolute atomic E-state index is 13.2. The summed E-state index contributed by atoms with van der Waals surface area (Å²) in [6, 6.07) is 4.35. The summed E-state index contributed by atoms with van der Waals surface area (Å²) in [4.78, 5) is 0. The fraction of sp³-hybridized carbons (Fsp3) is 0.400. The Hall–Kier alpha value is -1.92. The van der Waals surface area contributed by atoms with Gasteiger partial charge in [0.1, 0.15) is 0 Å². The molecule has 21 heavy (non-hydrogen) atoms. The number of phenolic OH excluding ortho intramolecular Hbond substituents is 1. The van der Waals surface area contributed by atoms with E-state index in [2.05, 4.69) is 10.4 Å². The van der Waals surface area contributed by atoms with Crippen LogP contribution in [-0.2, 0) is 19.6 Å². The van der Waals surface area contributed by atoms with Crippen LogP contribution in [0.25, 0.3) is 0 Å². The van der Waals surface area contributed by atoms with Gasteiger partial charge in [-0.1, -0.05) is 6.07 Å². The lowest BCUT2D eigenvalue weighted by molar-refractivity contribution is 0.267. The summed E-state index contributed by atoms with van der Waals surface area (Å²) < 4.78 is 15.0. The van der Waals surface area contributed by atoms with Gasteiger partial charge < -0.3 is 15.5 Å². The lowest BCUT2D eigenvalue weighted by Gasteiger charge is -2.07. The topological polar surface area (TPSA) is 70.3 Å². The van der Waals surface area contributed by atoms with E-state index in [1.807, 2.05) is 13.8 Å². The summed E-state index contributed by atoms with van der Waals surface area (Å²) in [5.74, 6) is -0.951. The fourth-order valence-corrected chi connectivity index (χ4v) is 2.29. The average molecular weight is 293 g/mol. The third-order valence-electron chi connectivity index (χ3n) is 3.49. The van der Waals surface area contributed by atoms with E-state index in [-0.39, 0.29) is 12.4 Å². The number of aromatic hydroxyl groups is 1. The summed E-state index contributed by atoms with van der Waals surface area (Å²) in [6.45, 7) is 5.55. The van der Waals surface area contributed by atoms with Crippen molar-refractivity contribution in [2.45, 2.75) is 33.5 Å². The second-order valence-corrected chi connectivity index (χ2v) is 4.99. The molecule has 0 aliphatic heterocycles. The standard InChI is InChI=1S/C15H20FN3O2/c1-10-13(11(2)19(18-10)5-6-20)9-17-8-12-3-4-15(21)14(16)7-12/h3-4,7,17,20-21H,5-6,8-9H2,1-2H3. The lowest BCUT2D eigenvalue weighted by atomic mass is 10.1. The minimum absolute atomic E-state index is 0.0572. The Morgan fingerprint density at radius 2 is 2.05 bits per heavy atom. The minimum atomic E-state index is -0.613. The molecule has 0 aliphatic rings. The Bertz CT molecular complexity index is 626. The average Bonchev–Trinajstić information content (AvgIpc) is 2.71. The van der Waals surface area contributed by atoms with Crippen molar-refractivity contribution in [3.05, 3.63) is 46.5 Å². The molecule has 0 bridgehead atoms. The van der Waals surface area contributed by atoms with Gasteiger partial charge >= 0.3 is 0 Å². The van der Waals surface area contributed by atoms with Crippen molar-refractivity contribution in [3.8, 4) is 5.75 Å². The smallest absolute Gasteiger partial charge is 0.165 e. The van der Waals surface area contributed by atoms with E-state index in [4.69, 9.17) is 10.2 Å². The van der Waals surface area contributed by atoms with Crippen LogP contribution in [0.3, 0.4) is 0 Å². The molecule has 0 unspecified atom stereocenters. The van der Waals surface area contributed by atoms with Crippen molar-refractivity contribution >= 4 is 0 Å². The number of halogens is 1. The second kappa shape index (κ2) is 6.69. The molecule has 0 atom stereocenters. The van der Waals surface area contributed by atoms with E-state index in [1.54, 1.807) is 10.7 Å². The predicted molar refractivity (Wildman–Crippen MR) is 77.4 cm³/mol. The largest absolute Gasteiger partial charge is 0.505 e. The molecule has 0 fully saturated rings. The first kappa shape index (κ1) is 15.5. The number of nitrogens with zero attached hydrogens (tertiary/aromatic N) is 2. The zero-order valence-corrected chi connectivity index (χ0v) is 12.2. The molecule has 0 aliphatic carbocycles. The predicted octanol–water partition coefficient (Wildman–Crippen LogP) is 1.63. The normalized spacial score (nSPS) is 11.0. The third kappa shape index (κ3) is 3.59. The van der Waals surface area contributed by atoms with Gasteiger partial charge in [0.05, 0.1) is 18.8 Å². The van der Waals surface area contributed by atoms with Gasteiger partial charge in [-0.2, -0.15) is 5.10 Å². The molecule has 1 aromatic carbocycles. The van der Waals surface area contributed by atoms with E-state index in [9.17, 15) is 4.39 Å². The van der Waals surface area contributed by atoms with Crippen LogP contribution in [0.5, 0.6) is 5.75 Å². The van der Waals surface area contributed by atoms with E-state index in [1.165, 1.54) is 12.1 Å². The van der Waals surface area contributed by atoms with Crippen LogP contribution in [0.1, 0.15) is 22.5 Å². The summed E-state index contributed by atoms with van der Waals surface area (Å²) in [6.07, 6.45) is 0. The molecular formula is C15H20FN3O2. The van der Waals surface area contributed by atoms with Crippen molar-refractivity contribution in [2.75, 3.05) is 6.61 Å². The van der Waals surface area contributed by atoms with Crippen LogP contribution in [0.2, 0.25) is 0 Å². The van der Waals surface area contributed by atoms with Crippen molar-refractivity contribution in [2.24, 2.45) is 0 Å². The van der Waals surface area contributed by atoms with E-state index in [0.717, 1.165) is 22.5 Å². The summed E-state index contributed by atoms with van der Waals surface area (Å²) in [5, 5.41) is 25.7. The quantitative estimate of drug-likeness (QED) is 0.757. The van der Waals surface area contributed by atoms with Crippen LogP contribution < -0.4 is 5.32 Å². The van der Waals surface area contributed by atoms with Gasteiger partial charge in [0.15, 0.2) is 11.6 Å². The molecule has 0 radical (unpaired) electrons. The molecule has 2 rings (SSSR count). The van der Waals surface area contributed by atoms with Gasteiger partial charge in [0, 0.05) is 24.3 Å². The fourth-order valence-electron chi connectivity index (χ4n) is 2.29. The number of hydrogen-bond acceptors (Lipinski definition) is 4. The molecule has 2 aromatic rings. The van der Waals surface area contributed by atoms with Crippen LogP contribution >= 0.6 is 0 Å². The van der Waals surface area contributed by atoms with Crippen molar-refractivity contribution in [1.82, 2.24) is 15.1 Å². The zero-order valence-electron chi connectivity index (χ0n) is 12.2. The number of aliphatic hydroxyl groups excluding tert-OH is 1. The first-order valence-corrected chi connectivity index (χ1v) is 6.84. The van der Waals surface area contributed by atoms with Crippen LogP contribution in [0.15, 0.2) is 18.2 Å². The molecule has 5 nitrogen and oxygen atoms in total. The molecule has 0 saturated carbocycles. The number of aromatic nitrogens is 2. The Kier molecular flexibility index (Phi) is 4.93. The van der Waals surface area contributed by atoms with Gasteiger partial charge in [-0.25, -0.2) is 4.39 Å². The minimum Gasteiger partial charge on any atom is -0.505 e. The Balaban J connectivity index is 1.98. The number of benzene rings is 1. The summed E-state index contributed by atoms with van der Waals surface area (Å²) in [7, 11) is 0. The van der Waals surface area contributed by atoms with Crippen LogP contribution in [0.4, 0.5) is 4.39 Å². The maximum atomic E-state index is 13.2. The number of rotatable bonds is 6. The van der Waals surface area contributed by atoms with E-state index >= 15 is 0 Å². The Labute approximate surface area is 123 Å². The first-order valence-electron chi connectivity index (χ1n) is 6.84. The van der Waals surface area contributed by atoms with Gasteiger partial charge in [0.2, 0.25) is 0 Å². The van der Waals surface area contributed by atoms with Gasteiger partial charge in [-0.05, 0) is 31.5 Å². The number of phenols is 1. The molecule has 1 heterocycles. The van der Waals surface area contributed by atoms with E-state index < -0.39 is 5.82 Å². The highest BCUT2D eigenvalue weighted by Crippen LogP contribution is 2.17. The highest BCUT2D eigenvalue weighted by atomic mass is 19.1. The maximum Gasteiger partial charge on any atom is 0.165 e. The van der Waals surface area contributed by atoms with Crippen molar-refractivity contribution in [1.29, 1.82) is 0 Å². The Morgan fingerprint density at radius 1 is 1.29 bits per heavy atom. The number of hydrogen-bond donors (Lipinski definition) is 3. The lowest BCUT2D eigenvalue weighted by Crippen LogP contribution is -2.14. The van der Waals surface area contributed by atoms with Crippen molar-refractivity contribution in [3.63, 3.8) is 0 Å². The monoisotopic (exact) mass is 293 g/mol. The summed E-state index contributed by atoms with van der Waals surface area (Å²) in [5.41, 5.74) is 3.79. The highest BCUT2D eigenvalue weighted by molar-refractivity contribution is 5.28. The number of aliphatic hydroxyl groups is 1. The summed E-state index contributed by atoms with van der Waals surface area (Å²) >= 11 is 0. The van der Waals surface area contributed by atoms with Gasteiger partial charge in [0.25, 0.3) is 0 Å². The molecule has 0 amide bonds. The molecule has 0 saturated heterocycles. The zero-order chi connectivity index (χ0) is 15.4. The van der Waals surface area contributed by atoms with E-state index in [0.29, 0.717) is 19.6 Å². The van der Waals surface area contributed by atoms with Crippen LogP contribution in [0, 0.1) is 19.7 Å². The highest BCUT2D eigenvalue weighted by Gasteiger charge is 2.10. The molecular weight excluding hydrogens is 273 g/mol. The third-order valence-corrected chi connectivity index (χ3v) is 3.49. The molecule has 0 spiro atoms. The first-order chi connectivity index (χ1) is 10.0. The van der Waals surface area contributed by atoms with Crippen molar-refractivity contribution < 1.29 is 14.6 Å². The van der Waals surface area contributed by atoms with Gasteiger partial charge in [-0.15, -0.1) is 0 Å². The molecule has 3 N–H and O–H groups in total. The molecule has 114 valence electrons. The second-order valence-electron chi connectivity index (χ2n) is 4.99. The molecule has 6 heteroatoms.